The van der Waals surface area contributed by atoms with Gasteiger partial charge in [-0.25, -0.2) is 21.1 Å². The Kier molecular flexibility index (Phi) is 9.24. The van der Waals surface area contributed by atoms with Crippen molar-refractivity contribution in [1.82, 2.24) is 4.31 Å². The van der Waals surface area contributed by atoms with Gasteiger partial charge in [0.15, 0.2) is 0 Å². The van der Waals surface area contributed by atoms with Crippen molar-refractivity contribution >= 4 is 48.9 Å². The van der Waals surface area contributed by atoms with E-state index in [9.17, 15) is 21.6 Å². The summed E-state index contributed by atoms with van der Waals surface area (Å²) in [5, 5.41) is 3.34. The molecule has 0 bridgehead atoms. The number of amides is 1. The van der Waals surface area contributed by atoms with Crippen LogP contribution < -0.4 is 19.5 Å². The van der Waals surface area contributed by atoms with E-state index in [1.165, 1.54) is 48.9 Å². The lowest BCUT2D eigenvalue weighted by molar-refractivity contribution is -0.120. The third-order valence-electron chi connectivity index (χ3n) is 6.57. The SMILES string of the molecule is COc1ccc(NS(=O)(=O)c2ccc(NC(=O)C3CCN(S(=O)(=O)Cc4ccc(Cl)cc4)CC3)cc2)c(OC)c1. The maximum absolute atomic E-state index is 12.9. The Morgan fingerprint density at radius 3 is 2.17 bits per heavy atom. The third kappa shape index (κ3) is 7.25. The van der Waals surface area contributed by atoms with Gasteiger partial charge in [-0.05, 0) is 66.9 Å². The molecule has 4 rings (SSSR count). The van der Waals surface area contributed by atoms with E-state index in [-0.39, 0.29) is 41.3 Å². The van der Waals surface area contributed by atoms with Crippen molar-refractivity contribution in [2.75, 3.05) is 37.3 Å². The first-order chi connectivity index (χ1) is 19.0. The smallest absolute Gasteiger partial charge is 0.262 e. The van der Waals surface area contributed by atoms with Gasteiger partial charge in [-0.1, -0.05) is 23.7 Å². The van der Waals surface area contributed by atoms with Crippen LogP contribution in [-0.4, -0.2) is 54.4 Å². The summed E-state index contributed by atoms with van der Waals surface area (Å²) in [6, 6.07) is 17.2. The molecule has 214 valence electrons. The number of nitrogens with one attached hydrogen (secondary N) is 2. The molecule has 13 heteroatoms. The Hall–Kier alpha value is -3.32. The van der Waals surface area contributed by atoms with Crippen LogP contribution in [0.25, 0.3) is 0 Å². The molecule has 1 aliphatic rings. The quantitative estimate of drug-likeness (QED) is 0.350. The first-order valence-electron chi connectivity index (χ1n) is 12.4. The Morgan fingerprint density at radius 2 is 1.57 bits per heavy atom. The van der Waals surface area contributed by atoms with E-state index in [4.69, 9.17) is 21.1 Å². The van der Waals surface area contributed by atoms with Crippen molar-refractivity contribution in [3.05, 3.63) is 77.3 Å². The van der Waals surface area contributed by atoms with Gasteiger partial charge in [-0.2, -0.15) is 0 Å². The fourth-order valence-corrected chi connectivity index (χ4v) is 7.09. The summed E-state index contributed by atoms with van der Waals surface area (Å²) < 4.78 is 65.8. The lowest BCUT2D eigenvalue weighted by atomic mass is 9.97. The summed E-state index contributed by atoms with van der Waals surface area (Å²) >= 11 is 5.88. The first kappa shape index (κ1) is 29.7. The number of methoxy groups -OCH3 is 2. The second kappa shape index (κ2) is 12.5. The number of benzene rings is 3. The normalized spacial score (nSPS) is 14.9. The molecule has 3 aromatic carbocycles. The largest absolute Gasteiger partial charge is 0.497 e. The molecule has 0 aromatic heterocycles. The molecule has 0 saturated carbocycles. The minimum absolute atomic E-state index is 0.00238. The second-order valence-corrected chi connectivity index (χ2v) is 13.3. The first-order valence-corrected chi connectivity index (χ1v) is 15.9. The average Bonchev–Trinajstić information content (AvgIpc) is 2.94. The van der Waals surface area contributed by atoms with Crippen LogP contribution in [0.2, 0.25) is 5.02 Å². The predicted octanol–water partition coefficient (Wildman–Crippen LogP) is 4.34. The summed E-state index contributed by atoms with van der Waals surface area (Å²) in [4.78, 5) is 12.8. The van der Waals surface area contributed by atoms with Gasteiger partial charge in [0.05, 0.1) is 30.6 Å². The molecule has 3 aromatic rings. The number of nitrogens with zero attached hydrogens (tertiary/aromatic N) is 1. The number of hydrogen-bond donors (Lipinski definition) is 2. The van der Waals surface area contributed by atoms with Crippen LogP contribution in [0, 0.1) is 5.92 Å². The summed E-state index contributed by atoms with van der Waals surface area (Å²) in [5.74, 6) is 0.0814. The molecule has 40 heavy (non-hydrogen) atoms. The number of piperidine rings is 1. The van der Waals surface area contributed by atoms with Crippen molar-refractivity contribution < 1.29 is 31.1 Å². The molecule has 1 saturated heterocycles. The van der Waals surface area contributed by atoms with E-state index in [2.05, 4.69) is 10.0 Å². The highest BCUT2D eigenvalue weighted by Crippen LogP contribution is 2.31. The molecule has 1 fully saturated rings. The topological polar surface area (TPSA) is 131 Å². The van der Waals surface area contributed by atoms with Crippen molar-refractivity contribution in [3.8, 4) is 11.5 Å². The Labute approximate surface area is 239 Å². The summed E-state index contributed by atoms with van der Waals surface area (Å²) in [6.07, 6.45) is 0.761. The maximum Gasteiger partial charge on any atom is 0.262 e. The molecular formula is C27H30ClN3O7S2. The number of sulfonamides is 2. The average molecular weight is 608 g/mol. The zero-order chi connectivity index (χ0) is 28.9. The predicted molar refractivity (Wildman–Crippen MR) is 154 cm³/mol. The number of hydrogen-bond acceptors (Lipinski definition) is 7. The molecule has 1 heterocycles. The van der Waals surface area contributed by atoms with Gasteiger partial charge in [0.1, 0.15) is 11.5 Å². The molecule has 0 radical (unpaired) electrons. The van der Waals surface area contributed by atoms with E-state index in [0.29, 0.717) is 40.6 Å². The molecule has 0 unspecified atom stereocenters. The Balaban J connectivity index is 1.33. The van der Waals surface area contributed by atoms with Gasteiger partial charge >= 0.3 is 0 Å². The highest BCUT2D eigenvalue weighted by molar-refractivity contribution is 7.92. The molecule has 0 atom stereocenters. The summed E-state index contributed by atoms with van der Waals surface area (Å²) in [5.41, 5.74) is 1.33. The Morgan fingerprint density at radius 1 is 0.925 bits per heavy atom. The fraction of sp³-hybridized carbons (Fsp3) is 0.296. The van der Waals surface area contributed by atoms with Crippen molar-refractivity contribution in [1.29, 1.82) is 0 Å². The zero-order valence-corrected chi connectivity index (χ0v) is 24.4. The van der Waals surface area contributed by atoms with Crippen molar-refractivity contribution in [2.24, 2.45) is 5.92 Å². The number of anilines is 2. The number of halogens is 1. The van der Waals surface area contributed by atoms with Crippen LogP contribution in [0.1, 0.15) is 18.4 Å². The monoisotopic (exact) mass is 607 g/mol. The third-order valence-corrected chi connectivity index (χ3v) is 10.0. The van der Waals surface area contributed by atoms with Gasteiger partial charge in [-0.15, -0.1) is 0 Å². The number of rotatable bonds is 10. The second-order valence-electron chi connectivity index (χ2n) is 9.24. The van der Waals surface area contributed by atoms with Crippen LogP contribution in [0.15, 0.2) is 71.6 Å². The Bertz CT molecular complexity index is 1550. The molecule has 1 aliphatic heterocycles. The molecule has 10 nitrogen and oxygen atoms in total. The standard InChI is InChI=1S/C27H30ClN3O7S2/c1-37-23-9-12-25(26(17-23)38-2)30-40(35,36)24-10-7-22(8-11-24)29-27(32)20-13-15-31(16-14-20)39(33,34)18-19-3-5-21(28)6-4-19/h3-12,17,20,30H,13-16,18H2,1-2H3,(H,29,32). The summed E-state index contributed by atoms with van der Waals surface area (Å²) in [6.45, 7) is 0.483. The van der Waals surface area contributed by atoms with Gasteiger partial charge < -0.3 is 14.8 Å². The van der Waals surface area contributed by atoms with E-state index < -0.39 is 20.0 Å². The summed E-state index contributed by atoms with van der Waals surface area (Å²) in [7, 11) is -4.53. The van der Waals surface area contributed by atoms with Crippen molar-refractivity contribution in [3.63, 3.8) is 0 Å². The lowest BCUT2D eigenvalue weighted by Gasteiger charge is -2.30. The molecule has 1 amide bonds. The van der Waals surface area contributed by atoms with Crippen LogP contribution >= 0.6 is 11.6 Å². The molecular weight excluding hydrogens is 578 g/mol. The maximum atomic E-state index is 12.9. The minimum Gasteiger partial charge on any atom is -0.497 e. The van der Waals surface area contributed by atoms with E-state index in [0.717, 1.165) is 0 Å². The number of ether oxygens (including phenoxy) is 2. The van der Waals surface area contributed by atoms with Crippen molar-refractivity contribution in [2.45, 2.75) is 23.5 Å². The van der Waals surface area contributed by atoms with Crippen LogP contribution in [0.4, 0.5) is 11.4 Å². The van der Waals surface area contributed by atoms with E-state index in [1.807, 2.05) is 0 Å². The van der Waals surface area contributed by atoms with Crippen LogP contribution in [0.5, 0.6) is 11.5 Å². The van der Waals surface area contributed by atoms with Gasteiger partial charge in [-0.3, -0.25) is 9.52 Å². The number of carbonyl (C=O) groups excluding carboxylic acids is 1. The molecule has 0 spiro atoms. The fourth-order valence-electron chi connectivity index (χ4n) is 4.33. The van der Waals surface area contributed by atoms with Gasteiger partial charge in [0.25, 0.3) is 10.0 Å². The van der Waals surface area contributed by atoms with E-state index >= 15 is 0 Å². The van der Waals surface area contributed by atoms with E-state index in [1.54, 1.807) is 36.4 Å². The molecule has 0 aliphatic carbocycles. The minimum atomic E-state index is -3.93. The number of carbonyl (C=O) groups is 1. The molecule has 2 N–H and O–H groups in total. The van der Waals surface area contributed by atoms with Gasteiger partial charge in [0.2, 0.25) is 15.9 Å². The van der Waals surface area contributed by atoms with Crippen LogP contribution in [0.3, 0.4) is 0 Å². The lowest BCUT2D eigenvalue weighted by Crippen LogP contribution is -2.41. The zero-order valence-electron chi connectivity index (χ0n) is 22.0. The van der Waals surface area contributed by atoms with Gasteiger partial charge in [0, 0.05) is 35.8 Å². The highest BCUT2D eigenvalue weighted by Gasteiger charge is 2.31. The van der Waals surface area contributed by atoms with Crippen LogP contribution in [-0.2, 0) is 30.6 Å². The highest BCUT2D eigenvalue weighted by atomic mass is 35.5.